The summed E-state index contributed by atoms with van der Waals surface area (Å²) in [6, 6.07) is 18.1. The van der Waals surface area contributed by atoms with Gasteiger partial charge in [-0.15, -0.1) is 0 Å². The van der Waals surface area contributed by atoms with Crippen LogP contribution in [0.1, 0.15) is 37.8 Å². The predicted octanol–water partition coefficient (Wildman–Crippen LogP) is 5.61. The smallest absolute Gasteiger partial charge is 0.00718 e. The maximum absolute atomic E-state index is 2.42. The molecule has 1 atom stereocenters. The van der Waals surface area contributed by atoms with E-state index in [2.05, 4.69) is 62.4 Å². The van der Waals surface area contributed by atoms with Gasteiger partial charge in [0.1, 0.15) is 0 Å². The number of rotatable bonds is 1. The fraction of sp³-hybridized carbons (Fsp3) is 0.300. The van der Waals surface area contributed by atoms with Gasteiger partial charge < -0.3 is 0 Å². The Morgan fingerprint density at radius 3 is 2.55 bits per heavy atom. The molecule has 4 rings (SSSR count). The third-order valence-corrected chi connectivity index (χ3v) is 5.39. The molecule has 0 heterocycles. The third-order valence-electron chi connectivity index (χ3n) is 5.39. The molecule has 0 bridgehead atoms. The van der Waals surface area contributed by atoms with Crippen molar-refractivity contribution in [1.82, 2.24) is 0 Å². The van der Waals surface area contributed by atoms with Gasteiger partial charge in [0.05, 0.1) is 0 Å². The topological polar surface area (TPSA) is 0 Å². The molecule has 0 nitrogen and oxygen atoms in total. The maximum atomic E-state index is 2.42. The van der Waals surface area contributed by atoms with Crippen LogP contribution >= 0.6 is 0 Å². The van der Waals surface area contributed by atoms with Crippen LogP contribution in [-0.2, 0) is 11.8 Å². The molecule has 1 unspecified atom stereocenters. The zero-order chi connectivity index (χ0) is 13.7. The second-order valence-corrected chi connectivity index (χ2v) is 6.39. The van der Waals surface area contributed by atoms with Crippen molar-refractivity contribution in [3.05, 3.63) is 59.7 Å². The second kappa shape index (κ2) is 4.09. The van der Waals surface area contributed by atoms with E-state index in [1.807, 2.05) is 0 Å². The Hall–Kier alpha value is -1.82. The highest BCUT2D eigenvalue weighted by atomic mass is 14.4. The molecule has 0 spiro atoms. The highest BCUT2D eigenvalue weighted by Gasteiger charge is 2.33. The quantitative estimate of drug-likeness (QED) is 0.499. The number of hydrogen-bond donors (Lipinski definition) is 0. The summed E-state index contributed by atoms with van der Waals surface area (Å²) in [4.78, 5) is 0. The van der Waals surface area contributed by atoms with Gasteiger partial charge in [0.15, 0.2) is 0 Å². The van der Waals surface area contributed by atoms with Crippen LogP contribution in [0.4, 0.5) is 0 Å². The summed E-state index contributed by atoms with van der Waals surface area (Å²) >= 11 is 0. The van der Waals surface area contributed by atoms with E-state index in [0.29, 0.717) is 5.41 Å². The van der Waals surface area contributed by atoms with E-state index >= 15 is 0 Å². The van der Waals surface area contributed by atoms with Crippen molar-refractivity contribution < 1.29 is 0 Å². The first kappa shape index (κ1) is 12.0. The summed E-state index contributed by atoms with van der Waals surface area (Å²) in [5.74, 6) is 0. The normalized spacial score (nSPS) is 21.5. The standard InChI is InChI=1S/C20H20/c1-3-20(2)13-12-18-17-9-8-14-6-4-5-7-15(14)16(17)10-11-19(18)20/h4-11H,3,12-13H2,1-2H3. The van der Waals surface area contributed by atoms with E-state index in [1.54, 1.807) is 11.1 Å². The lowest BCUT2D eigenvalue weighted by molar-refractivity contribution is 0.453. The minimum absolute atomic E-state index is 0.384. The van der Waals surface area contributed by atoms with Crippen molar-refractivity contribution in [2.75, 3.05) is 0 Å². The molecular formula is C20H20. The Labute approximate surface area is 120 Å². The van der Waals surface area contributed by atoms with Crippen LogP contribution in [0.5, 0.6) is 0 Å². The molecule has 3 aromatic carbocycles. The fourth-order valence-corrected chi connectivity index (χ4v) is 3.89. The molecule has 1 aliphatic rings. The Bertz CT molecular complexity index is 813. The van der Waals surface area contributed by atoms with E-state index in [-0.39, 0.29) is 0 Å². The molecule has 0 N–H and O–H groups in total. The fourth-order valence-electron chi connectivity index (χ4n) is 3.89. The first-order valence-corrected chi connectivity index (χ1v) is 7.67. The minimum atomic E-state index is 0.384. The van der Waals surface area contributed by atoms with Crippen LogP contribution in [0.2, 0.25) is 0 Å². The van der Waals surface area contributed by atoms with Crippen LogP contribution in [0.15, 0.2) is 48.5 Å². The number of hydrogen-bond acceptors (Lipinski definition) is 0. The molecule has 0 aliphatic heterocycles. The average molecular weight is 260 g/mol. The molecule has 0 aromatic heterocycles. The largest absolute Gasteiger partial charge is 0.0645 e. The lowest BCUT2D eigenvalue weighted by Gasteiger charge is -2.23. The molecule has 0 heteroatoms. The number of fused-ring (bicyclic) bond motifs is 5. The lowest BCUT2D eigenvalue weighted by atomic mass is 9.81. The van der Waals surface area contributed by atoms with Crippen LogP contribution in [0, 0.1) is 0 Å². The van der Waals surface area contributed by atoms with Crippen LogP contribution in [-0.4, -0.2) is 0 Å². The molecule has 0 saturated heterocycles. The van der Waals surface area contributed by atoms with Crippen LogP contribution in [0.3, 0.4) is 0 Å². The summed E-state index contributed by atoms with van der Waals surface area (Å²) in [7, 11) is 0. The maximum Gasteiger partial charge on any atom is -0.00718 e. The molecule has 0 amide bonds. The summed E-state index contributed by atoms with van der Waals surface area (Å²) in [5, 5.41) is 5.62. The van der Waals surface area contributed by atoms with Crippen LogP contribution in [0.25, 0.3) is 21.5 Å². The van der Waals surface area contributed by atoms with E-state index in [9.17, 15) is 0 Å². The highest BCUT2D eigenvalue weighted by molar-refractivity contribution is 6.08. The van der Waals surface area contributed by atoms with Crippen molar-refractivity contribution in [3.8, 4) is 0 Å². The Kier molecular flexibility index (Phi) is 2.44. The van der Waals surface area contributed by atoms with E-state index in [4.69, 9.17) is 0 Å². The van der Waals surface area contributed by atoms with Gasteiger partial charge in [-0.2, -0.15) is 0 Å². The van der Waals surface area contributed by atoms with Gasteiger partial charge in [-0.25, -0.2) is 0 Å². The van der Waals surface area contributed by atoms with Gasteiger partial charge in [0.2, 0.25) is 0 Å². The predicted molar refractivity (Wildman–Crippen MR) is 87.4 cm³/mol. The van der Waals surface area contributed by atoms with Crippen molar-refractivity contribution in [2.45, 2.75) is 38.5 Å². The molecule has 3 aromatic rings. The Morgan fingerprint density at radius 1 is 0.900 bits per heavy atom. The zero-order valence-electron chi connectivity index (χ0n) is 12.2. The first-order valence-electron chi connectivity index (χ1n) is 7.67. The van der Waals surface area contributed by atoms with Gasteiger partial charge in [0, 0.05) is 0 Å². The van der Waals surface area contributed by atoms with Gasteiger partial charge in [-0.3, -0.25) is 0 Å². The van der Waals surface area contributed by atoms with Gasteiger partial charge >= 0.3 is 0 Å². The number of aryl methyl sites for hydroxylation is 1. The zero-order valence-corrected chi connectivity index (χ0v) is 12.2. The summed E-state index contributed by atoms with van der Waals surface area (Å²) in [6.45, 7) is 4.74. The summed E-state index contributed by atoms with van der Waals surface area (Å²) < 4.78 is 0. The minimum Gasteiger partial charge on any atom is -0.0645 e. The molecule has 0 fully saturated rings. The van der Waals surface area contributed by atoms with E-state index < -0.39 is 0 Å². The van der Waals surface area contributed by atoms with Crippen molar-refractivity contribution in [1.29, 1.82) is 0 Å². The van der Waals surface area contributed by atoms with Gasteiger partial charge in [-0.05, 0) is 57.3 Å². The molecule has 0 saturated carbocycles. The molecular weight excluding hydrogens is 240 g/mol. The second-order valence-electron chi connectivity index (χ2n) is 6.39. The molecule has 20 heavy (non-hydrogen) atoms. The van der Waals surface area contributed by atoms with Gasteiger partial charge in [-0.1, -0.05) is 62.4 Å². The number of benzene rings is 3. The van der Waals surface area contributed by atoms with Crippen molar-refractivity contribution in [3.63, 3.8) is 0 Å². The molecule has 100 valence electrons. The monoisotopic (exact) mass is 260 g/mol. The van der Waals surface area contributed by atoms with Crippen molar-refractivity contribution >= 4 is 21.5 Å². The van der Waals surface area contributed by atoms with E-state index in [0.717, 1.165) is 0 Å². The SMILES string of the molecule is CCC1(C)CCc2c1ccc1c2ccc2ccccc21. The third kappa shape index (κ3) is 1.48. The first-order chi connectivity index (χ1) is 9.73. The summed E-state index contributed by atoms with van der Waals surface area (Å²) in [5.41, 5.74) is 3.57. The van der Waals surface area contributed by atoms with Crippen molar-refractivity contribution in [2.24, 2.45) is 0 Å². The molecule has 0 radical (unpaired) electrons. The molecule has 1 aliphatic carbocycles. The average Bonchev–Trinajstić information content (AvgIpc) is 2.85. The Balaban J connectivity index is 2.09. The lowest BCUT2D eigenvalue weighted by Crippen LogP contribution is -2.16. The van der Waals surface area contributed by atoms with Gasteiger partial charge in [0.25, 0.3) is 0 Å². The summed E-state index contributed by atoms with van der Waals surface area (Å²) in [6.07, 6.45) is 3.76. The van der Waals surface area contributed by atoms with Crippen LogP contribution < -0.4 is 0 Å². The highest BCUT2D eigenvalue weighted by Crippen LogP contribution is 2.44. The Morgan fingerprint density at radius 2 is 1.70 bits per heavy atom. The van der Waals surface area contributed by atoms with E-state index in [1.165, 1.54) is 40.8 Å².